The number of phenolic OH excluding ortho intramolecular Hbond substituents is 1. The van der Waals surface area contributed by atoms with Crippen LogP contribution < -0.4 is 4.74 Å². The summed E-state index contributed by atoms with van der Waals surface area (Å²) in [6.07, 6.45) is -4.02. The second-order valence-electron chi connectivity index (χ2n) is 9.65. The van der Waals surface area contributed by atoms with Crippen molar-refractivity contribution in [3.8, 4) is 11.5 Å². The molecule has 0 unspecified atom stereocenters. The molecule has 0 aromatic heterocycles. The Labute approximate surface area is 234 Å². The Balaban J connectivity index is 1.38. The van der Waals surface area contributed by atoms with E-state index in [-0.39, 0.29) is 19.0 Å². The van der Waals surface area contributed by atoms with Crippen molar-refractivity contribution >= 4 is 0 Å². The average Bonchev–Trinajstić information content (AvgIpc) is 3.00. The van der Waals surface area contributed by atoms with Crippen LogP contribution in [0.1, 0.15) is 16.7 Å². The highest BCUT2D eigenvalue weighted by Gasteiger charge is 2.48. The minimum absolute atomic E-state index is 0.0951. The fourth-order valence-corrected chi connectivity index (χ4v) is 4.62. The minimum Gasteiger partial charge on any atom is -0.508 e. The van der Waals surface area contributed by atoms with Gasteiger partial charge in [0.15, 0.2) is 6.29 Å². The lowest BCUT2D eigenvalue weighted by atomic mass is 9.98. The van der Waals surface area contributed by atoms with Gasteiger partial charge in [0.05, 0.1) is 19.8 Å². The van der Waals surface area contributed by atoms with E-state index in [2.05, 4.69) is 0 Å². The Morgan fingerprint density at radius 3 is 1.50 bits per heavy atom. The van der Waals surface area contributed by atoms with Crippen LogP contribution >= 0.6 is 0 Å². The van der Waals surface area contributed by atoms with Gasteiger partial charge in [0, 0.05) is 0 Å². The quantitative estimate of drug-likeness (QED) is 0.253. The van der Waals surface area contributed by atoms with Gasteiger partial charge in [0.1, 0.15) is 42.5 Å². The summed E-state index contributed by atoms with van der Waals surface area (Å²) in [6, 6.07) is 35.9. The molecule has 4 aromatic rings. The number of aliphatic hydroxyl groups is 1. The maximum atomic E-state index is 11.2. The van der Waals surface area contributed by atoms with E-state index in [0.717, 1.165) is 16.7 Å². The molecular weight excluding hydrogens is 508 g/mol. The number of rotatable bonds is 12. The molecular formula is C33H34O7. The van der Waals surface area contributed by atoms with E-state index in [9.17, 15) is 10.2 Å². The van der Waals surface area contributed by atoms with Gasteiger partial charge in [-0.2, -0.15) is 0 Å². The third-order valence-electron chi connectivity index (χ3n) is 6.72. The Bertz CT molecular complexity index is 1270. The standard InChI is InChI=1S/C33H34O7/c34-27-16-18-28(19-17-27)36-23-29-30(37-20-24-10-4-1-5-11-24)31(38-21-25-12-6-2-7-13-25)32(33(35)40-29)39-22-26-14-8-3-9-15-26/h1-19,29-35H,20-23H2/t29-,30+,31+,32-,33-/m1/s1. The largest absolute Gasteiger partial charge is 0.508 e. The molecule has 7 nitrogen and oxygen atoms in total. The van der Waals surface area contributed by atoms with E-state index in [1.54, 1.807) is 24.3 Å². The number of aliphatic hydroxyl groups excluding tert-OH is 1. The molecule has 0 radical (unpaired) electrons. The maximum absolute atomic E-state index is 11.2. The first-order valence-electron chi connectivity index (χ1n) is 13.4. The van der Waals surface area contributed by atoms with Crippen LogP contribution in [0.2, 0.25) is 0 Å². The van der Waals surface area contributed by atoms with Crippen molar-refractivity contribution in [2.45, 2.75) is 50.5 Å². The van der Waals surface area contributed by atoms with Crippen LogP contribution in [-0.4, -0.2) is 47.5 Å². The van der Waals surface area contributed by atoms with Gasteiger partial charge < -0.3 is 33.9 Å². The number of benzene rings is 4. The summed E-state index contributed by atoms with van der Waals surface area (Å²) < 4.78 is 31.2. The summed E-state index contributed by atoms with van der Waals surface area (Å²) in [6.45, 7) is 0.993. The van der Waals surface area contributed by atoms with Crippen molar-refractivity contribution in [1.82, 2.24) is 0 Å². The van der Waals surface area contributed by atoms with E-state index < -0.39 is 30.7 Å². The Hall–Kier alpha value is -3.72. The Kier molecular flexibility index (Phi) is 9.79. The Morgan fingerprint density at radius 1 is 0.550 bits per heavy atom. The number of ether oxygens (including phenoxy) is 5. The molecule has 2 N–H and O–H groups in total. The zero-order chi connectivity index (χ0) is 27.6. The molecule has 1 aliphatic heterocycles. The van der Waals surface area contributed by atoms with Crippen LogP contribution in [0, 0.1) is 0 Å². The van der Waals surface area contributed by atoms with Gasteiger partial charge >= 0.3 is 0 Å². The van der Waals surface area contributed by atoms with E-state index >= 15 is 0 Å². The van der Waals surface area contributed by atoms with Gasteiger partial charge in [0.25, 0.3) is 0 Å². The Morgan fingerprint density at radius 2 is 1.00 bits per heavy atom. The highest BCUT2D eigenvalue weighted by atomic mass is 16.7. The monoisotopic (exact) mass is 542 g/mol. The van der Waals surface area contributed by atoms with Crippen molar-refractivity contribution in [2.24, 2.45) is 0 Å². The predicted molar refractivity (Wildman–Crippen MR) is 150 cm³/mol. The smallest absolute Gasteiger partial charge is 0.184 e. The van der Waals surface area contributed by atoms with Gasteiger partial charge in [-0.1, -0.05) is 91.0 Å². The van der Waals surface area contributed by atoms with E-state index in [0.29, 0.717) is 19.0 Å². The molecule has 1 fully saturated rings. The molecule has 0 saturated carbocycles. The summed E-state index contributed by atoms with van der Waals surface area (Å²) in [5, 5.41) is 20.8. The molecule has 1 saturated heterocycles. The molecule has 40 heavy (non-hydrogen) atoms. The van der Waals surface area contributed by atoms with Crippen LogP contribution in [0.4, 0.5) is 0 Å². The predicted octanol–water partition coefficient (Wildman–Crippen LogP) is 5.24. The number of hydrogen-bond acceptors (Lipinski definition) is 7. The molecule has 1 heterocycles. The molecule has 5 rings (SSSR count). The van der Waals surface area contributed by atoms with E-state index in [1.165, 1.54) is 0 Å². The van der Waals surface area contributed by atoms with Crippen molar-refractivity contribution in [1.29, 1.82) is 0 Å². The second kappa shape index (κ2) is 14.1. The van der Waals surface area contributed by atoms with Gasteiger partial charge in [-0.25, -0.2) is 0 Å². The van der Waals surface area contributed by atoms with Gasteiger partial charge in [0.2, 0.25) is 0 Å². The average molecular weight is 543 g/mol. The molecule has 0 spiro atoms. The second-order valence-corrected chi connectivity index (χ2v) is 9.65. The topological polar surface area (TPSA) is 86.6 Å². The lowest BCUT2D eigenvalue weighted by Crippen LogP contribution is -2.61. The summed E-state index contributed by atoms with van der Waals surface area (Å²) in [5.41, 5.74) is 2.95. The third kappa shape index (κ3) is 7.69. The van der Waals surface area contributed by atoms with Crippen molar-refractivity contribution in [2.75, 3.05) is 6.61 Å². The summed E-state index contributed by atoms with van der Waals surface area (Å²) >= 11 is 0. The SMILES string of the molecule is Oc1ccc(OC[C@H]2O[C@@H](O)[C@H](OCc3ccccc3)[C@@H](OCc3ccccc3)[C@H]2OCc2ccccc2)cc1. The zero-order valence-corrected chi connectivity index (χ0v) is 22.1. The molecule has 0 aliphatic carbocycles. The molecule has 4 aromatic carbocycles. The first-order chi connectivity index (χ1) is 19.7. The lowest BCUT2D eigenvalue weighted by Gasteiger charge is -2.44. The van der Waals surface area contributed by atoms with Crippen LogP contribution in [0.25, 0.3) is 0 Å². The molecule has 5 atom stereocenters. The molecule has 208 valence electrons. The van der Waals surface area contributed by atoms with E-state index in [4.69, 9.17) is 23.7 Å². The third-order valence-corrected chi connectivity index (χ3v) is 6.72. The first kappa shape index (κ1) is 27.8. The number of aromatic hydroxyl groups is 1. The van der Waals surface area contributed by atoms with Crippen molar-refractivity contribution in [3.05, 3.63) is 132 Å². The minimum atomic E-state index is -1.27. The highest BCUT2D eigenvalue weighted by Crippen LogP contribution is 2.30. The molecule has 0 amide bonds. The van der Waals surface area contributed by atoms with Crippen LogP contribution in [0.5, 0.6) is 11.5 Å². The number of phenols is 1. The maximum Gasteiger partial charge on any atom is 0.184 e. The van der Waals surface area contributed by atoms with Crippen LogP contribution in [0.15, 0.2) is 115 Å². The van der Waals surface area contributed by atoms with Crippen molar-refractivity contribution in [3.63, 3.8) is 0 Å². The molecule has 7 heteroatoms. The summed E-state index contributed by atoms with van der Waals surface area (Å²) in [7, 11) is 0. The first-order valence-corrected chi connectivity index (χ1v) is 13.4. The van der Waals surface area contributed by atoms with E-state index in [1.807, 2.05) is 91.0 Å². The molecule has 1 aliphatic rings. The number of hydrogen-bond donors (Lipinski definition) is 2. The molecule has 0 bridgehead atoms. The zero-order valence-electron chi connectivity index (χ0n) is 22.1. The van der Waals surface area contributed by atoms with Crippen molar-refractivity contribution < 1.29 is 33.9 Å². The summed E-state index contributed by atoms with van der Waals surface area (Å²) in [4.78, 5) is 0. The highest BCUT2D eigenvalue weighted by molar-refractivity contribution is 5.30. The van der Waals surface area contributed by atoms with Crippen LogP contribution in [0.3, 0.4) is 0 Å². The van der Waals surface area contributed by atoms with Crippen LogP contribution in [-0.2, 0) is 38.8 Å². The van der Waals surface area contributed by atoms with Gasteiger partial charge in [-0.3, -0.25) is 0 Å². The normalized spacial score (nSPS) is 22.6. The van der Waals surface area contributed by atoms with Gasteiger partial charge in [-0.05, 0) is 41.0 Å². The van der Waals surface area contributed by atoms with Gasteiger partial charge in [-0.15, -0.1) is 0 Å². The fraction of sp³-hybridized carbons (Fsp3) is 0.273. The summed E-state index contributed by atoms with van der Waals surface area (Å²) in [5.74, 6) is 0.704. The lowest BCUT2D eigenvalue weighted by molar-refractivity contribution is -0.314. The fourth-order valence-electron chi connectivity index (χ4n) is 4.62.